The Hall–Kier alpha value is -3.22. The van der Waals surface area contributed by atoms with Crippen LogP contribution < -0.4 is 5.32 Å². The maximum atomic E-state index is 12.2. The SMILES string of the molecule is CCCCOC(=O)c1ccc(NC(=O)c2cccc([N+](=O)[O-])c2)cc1. The quantitative estimate of drug-likeness (QED) is 0.357. The number of nitrogens with one attached hydrogen (secondary N) is 1. The summed E-state index contributed by atoms with van der Waals surface area (Å²) in [5, 5.41) is 13.4. The minimum absolute atomic E-state index is 0.155. The molecule has 0 aliphatic rings. The molecule has 0 radical (unpaired) electrons. The summed E-state index contributed by atoms with van der Waals surface area (Å²) in [4.78, 5) is 34.2. The molecule has 0 saturated heterocycles. The van der Waals surface area contributed by atoms with Crippen molar-refractivity contribution in [3.8, 4) is 0 Å². The average molecular weight is 342 g/mol. The maximum absolute atomic E-state index is 12.2. The Balaban J connectivity index is 2.01. The van der Waals surface area contributed by atoms with Crippen LogP contribution in [0.5, 0.6) is 0 Å². The molecule has 25 heavy (non-hydrogen) atoms. The summed E-state index contributed by atoms with van der Waals surface area (Å²) in [6.07, 6.45) is 1.75. The monoisotopic (exact) mass is 342 g/mol. The average Bonchev–Trinajstić information content (AvgIpc) is 2.62. The molecule has 0 aromatic heterocycles. The van der Waals surface area contributed by atoms with E-state index in [4.69, 9.17) is 4.74 Å². The molecule has 130 valence electrons. The van der Waals surface area contributed by atoms with Gasteiger partial charge in [-0.15, -0.1) is 0 Å². The molecule has 2 aromatic rings. The number of hydrogen-bond acceptors (Lipinski definition) is 5. The number of rotatable bonds is 7. The number of carbonyl (C=O) groups excluding carboxylic acids is 2. The van der Waals surface area contributed by atoms with Crippen molar-refractivity contribution in [3.63, 3.8) is 0 Å². The third kappa shape index (κ3) is 5.13. The molecule has 0 atom stereocenters. The number of esters is 1. The zero-order valence-corrected chi connectivity index (χ0v) is 13.7. The summed E-state index contributed by atoms with van der Waals surface area (Å²) in [5.41, 5.74) is 0.890. The van der Waals surface area contributed by atoms with Crippen LogP contribution in [0.15, 0.2) is 48.5 Å². The normalized spacial score (nSPS) is 10.1. The minimum atomic E-state index is -0.560. The Morgan fingerprint density at radius 3 is 2.48 bits per heavy atom. The molecule has 7 heteroatoms. The van der Waals surface area contributed by atoms with Gasteiger partial charge in [-0.05, 0) is 36.8 Å². The summed E-state index contributed by atoms with van der Waals surface area (Å²) in [6, 6.07) is 11.7. The lowest BCUT2D eigenvalue weighted by Gasteiger charge is -2.07. The molecule has 0 aliphatic carbocycles. The smallest absolute Gasteiger partial charge is 0.338 e. The Bertz CT molecular complexity index is 771. The van der Waals surface area contributed by atoms with Crippen molar-refractivity contribution < 1.29 is 19.2 Å². The predicted molar refractivity (Wildman–Crippen MR) is 92.7 cm³/mol. The molecule has 2 aromatic carbocycles. The molecule has 0 saturated carbocycles. The maximum Gasteiger partial charge on any atom is 0.338 e. The lowest BCUT2D eigenvalue weighted by atomic mass is 10.1. The second-order valence-corrected chi connectivity index (χ2v) is 5.33. The predicted octanol–water partition coefficient (Wildman–Crippen LogP) is 3.80. The van der Waals surface area contributed by atoms with E-state index in [1.165, 1.54) is 24.3 Å². The fourth-order valence-electron chi connectivity index (χ4n) is 2.05. The van der Waals surface area contributed by atoms with Gasteiger partial charge in [-0.3, -0.25) is 14.9 Å². The number of carbonyl (C=O) groups is 2. The van der Waals surface area contributed by atoms with E-state index in [1.807, 2.05) is 6.92 Å². The summed E-state index contributed by atoms with van der Waals surface area (Å²) in [7, 11) is 0. The van der Waals surface area contributed by atoms with Gasteiger partial charge in [-0.2, -0.15) is 0 Å². The second kappa shape index (κ2) is 8.58. The van der Waals surface area contributed by atoms with E-state index >= 15 is 0 Å². The lowest BCUT2D eigenvalue weighted by Crippen LogP contribution is -2.12. The van der Waals surface area contributed by atoms with Crippen LogP contribution in [0.25, 0.3) is 0 Å². The molecular formula is C18H18N2O5. The Morgan fingerprint density at radius 2 is 1.84 bits per heavy atom. The highest BCUT2D eigenvalue weighted by Gasteiger charge is 2.12. The highest BCUT2D eigenvalue weighted by atomic mass is 16.6. The van der Waals surface area contributed by atoms with E-state index in [1.54, 1.807) is 24.3 Å². The number of hydrogen-bond donors (Lipinski definition) is 1. The van der Waals surface area contributed by atoms with Crippen LogP contribution in [0.4, 0.5) is 11.4 Å². The van der Waals surface area contributed by atoms with Gasteiger partial charge in [0.15, 0.2) is 0 Å². The molecule has 0 unspecified atom stereocenters. The van der Waals surface area contributed by atoms with Crippen LogP contribution in [-0.2, 0) is 4.74 Å². The van der Waals surface area contributed by atoms with Crippen molar-refractivity contribution in [2.24, 2.45) is 0 Å². The molecule has 0 fully saturated rings. The summed E-state index contributed by atoms with van der Waals surface area (Å²) < 4.78 is 5.10. The fourth-order valence-corrected chi connectivity index (χ4v) is 2.05. The van der Waals surface area contributed by atoms with Crippen molar-refractivity contribution in [2.75, 3.05) is 11.9 Å². The number of amides is 1. The molecule has 2 rings (SSSR count). The van der Waals surface area contributed by atoms with Gasteiger partial charge < -0.3 is 10.1 Å². The second-order valence-electron chi connectivity index (χ2n) is 5.33. The number of ether oxygens (including phenoxy) is 1. The van der Waals surface area contributed by atoms with E-state index in [0.717, 1.165) is 12.8 Å². The first kappa shape index (κ1) is 18.1. The van der Waals surface area contributed by atoms with Crippen LogP contribution in [0.2, 0.25) is 0 Å². The van der Waals surface area contributed by atoms with Gasteiger partial charge in [0.1, 0.15) is 0 Å². The Morgan fingerprint density at radius 1 is 1.12 bits per heavy atom. The van der Waals surface area contributed by atoms with E-state index in [9.17, 15) is 19.7 Å². The number of non-ortho nitro benzene ring substituents is 1. The van der Waals surface area contributed by atoms with Gasteiger partial charge in [0, 0.05) is 23.4 Å². The van der Waals surface area contributed by atoms with Crippen LogP contribution in [0.1, 0.15) is 40.5 Å². The van der Waals surface area contributed by atoms with Crippen molar-refractivity contribution in [3.05, 3.63) is 69.8 Å². The van der Waals surface area contributed by atoms with Crippen LogP contribution in [0, 0.1) is 10.1 Å². The van der Waals surface area contributed by atoms with Crippen molar-refractivity contribution in [1.29, 1.82) is 0 Å². The first-order valence-electron chi connectivity index (χ1n) is 7.84. The van der Waals surface area contributed by atoms with Gasteiger partial charge in [-0.1, -0.05) is 19.4 Å². The molecule has 1 amide bonds. The third-order valence-corrected chi connectivity index (χ3v) is 3.43. The van der Waals surface area contributed by atoms with Gasteiger partial charge >= 0.3 is 5.97 Å². The highest BCUT2D eigenvalue weighted by Crippen LogP contribution is 2.16. The highest BCUT2D eigenvalue weighted by molar-refractivity contribution is 6.04. The number of nitro groups is 1. The van der Waals surface area contributed by atoms with E-state index in [0.29, 0.717) is 17.9 Å². The number of unbranched alkanes of at least 4 members (excludes halogenated alkanes) is 1. The molecule has 0 bridgehead atoms. The van der Waals surface area contributed by atoms with Gasteiger partial charge in [-0.25, -0.2) is 4.79 Å². The van der Waals surface area contributed by atoms with Crippen LogP contribution in [0.3, 0.4) is 0 Å². The first-order chi connectivity index (χ1) is 12.0. The summed E-state index contributed by atoms with van der Waals surface area (Å²) in [6.45, 7) is 2.38. The molecule has 7 nitrogen and oxygen atoms in total. The van der Waals surface area contributed by atoms with E-state index in [-0.39, 0.29) is 11.3 Å². The zero-order valence-electron chi connectivity index (χ0n) is 13.7. The van der Waals surface area contributed by atoms with Crippen molar-refractivity contribution in [1.82, 2.24) is 0 Å². The number of anilines is 1. The number of nitrogens with zero attached hydrogens (tertiary/aromatic N) is 1. The summed E-state index contributed by atoms with van der Waals surface area (Å²) >= 11 is 0. The topological polar surface area (TPSA) is 98.5 Å². The largest absolute Gasteiger partial charge is 0.462 e. The fraction of sp³-hybridized carbons (Fsp3) is 0.222. The van der Waals surface area contributed by atoms with Gasteiger partial charge in [0.05, 0.1) is 17.1 Å². The molecule has 1 N–H and O–H groups in total. The zero-order chi connectivity index (χ0) is 18.2. The number of nitro benzene ring substituents is 1. The van der Waals surface area contributed by atoms with Crippen molar-refractivity contribution >= 4 is 23.3 Å². The molecule has 0 aliphatic heterocycles. The Kier molecular flexibility index (Phi) is 6.22. The Labute approximate surface area is 144 Å². The van der Waals surface area contributed by atoms with E-state index < -0.39 is 16.8 Å². The molecule has 0 spiro atoms. The minimum Gasteiger partial charge on any atom is -0.462 e. The third-order valence-electron chi connectivity index (χ3n) is 3.43. The van der Waals surface area contributed by atoms with Gasteiger partial charge in [0.2, 0.25) is 0 Å². The van der Waals surface area contributed by atoms with Crippen LogP contribution in [-0.4, -0.2) is 23.4 Å². The molecular weight excluding hydrogens is 324 g/mol. The molecule has 0 heterocycles. The van der Waals surface area contributed by atoms with Gasteiger partial charge in [0.25, 0.3) is 11.6 Å². The van der Waals surface area contributed by atoms with E-state index in [2.05, 4.69) is 5.32 Å². The first-order valence-corrected chi connectivity index (χ1v) is 7.84. The standard InChI is InChI=1S/C18H18N2O5/c1-2-3-11-25-18(22)13-7-9-15(10-8-13)19-17(21)14-5-4-6-16(12-14)20(23)24/h4-10,12H,2-3,11H2,1H3,(H,19,21). The lowest BCUT2D eigenvalue weighted by molar-refractivity contribution is -0.384. The van der Waals surface area contributed by atoms with Crippen molar-refractivity contribution in [2.45, 2.75) is 19.8 Å². The summed E-state index contributed by atoms with van der Waals surface area (Å²) in [5.74, 6) is -0.882. The number of benzene rings is 2. The van der Waals surface area contributed by atoms with Crippen LogP contribution >= 0.6 is 0 Å².